The maximum Gasteiger partial charge on any atom is 0.179 e. The second-order valence-corrected chi connectivity index (χ2v) is 8.54. The molecule has 1 aromatic rings. The van der Waals surface area contributed by atoms with E-state index in [0.717, 1.165) is 31.4 Å². The molecule has 4 aliphatic rings. The van der Waals surface area contributed by atoms with Crippen LogP contribution < -0.4 is 14.8 Å². The van der Waals surface area contributed by atoms with E-state index in [1.807, 2.05) is 12.1 Å². The average Bonchev–Trinajstić information content (AvgIpc) is 2.50. The molecule has 2 unspecified atom stereocenters. The van der Waals surface area contributed by atoms with Gasteiger partial charge in [-0.2, -0.15) is 0 Å². The minimum Gasteiger partial charge on any atom is -0.493 e. The molecule has 4 aliphatic carbocycles. The smallest absolute Gasteiger partial charge is 0.179 e. The fourth-order valence-corrected chi connectivity index (χ4v) is 6.09. The van der Waals surface area contributed by atoms with Crippen LogP contribution in [0.25, 0.3) is 0 Å². The number of rotatable bonds is 5. The Balaban J connectivity index is 1.52. The second-order valence-electron chi connectivity index (χ2n) is 8.13. The van der Waals surface area contributed by atoms with Crippen LogP contribution in [-0.4, -0.2) is 30.5 Å². The van der Waals surface area contributed by atoms with Crippen LogP contribution in [0.1, 0.15) is 44.1 Å². The molecule has 0 amide bonds. The Kier molecular flexibility index (Phi) is 3.98. The van der Waals surface area contributed by atoms with Gasteiger partial charge in [0.2, 0.25) is 0 Å². The van der Waals surface area contributed by atoms with Crippen molar-refractivity contribution in [2.24, 2.45) is 11.8 Å². The zero-order chi connectivity index (χ0) is 16.9. The SMILES string of the molecule is COc1cc(CNC23CC4CC(CC(O)(C4)C2)C3)cc(Cl)c1OC. The van der Waals surface area contributed by atoms with Crippen LogP contribution in [0.3, 0.4) is 0 Å². The van der Waals surface area contributed by atoms with Gasteiger partial charge in [-0.05, 0) is 68.1 Å². The third-order valence-electron chi connectivity index (χ3n) is 6.19. The quantitative estimate of drug-likeness (QED) is 0.852. The Hall–Kier alpha value is -0.970. The van der Waals surface area contributed by atoms with E-state index in [4.69, 9.17) is 21.1 Å². The molecule has 4 nitrogen and oxygen atoms in total. The largest absolute Gasteiger partial charge is 0.493 e. The van der Waals surface area contributed by atoms with E-state index in [-0.39, 0.29) is 5.54 Å². The lowest BCUT2D eigenvalue weighted by molar-refractivity contribution is -0.142. The van der Waals surface area contributed by atoms with E-state index < -0.39 is 5.60 Å². The molecule has 4 fully saturated rings. The summed E-state index contributed by atoms with van der Waals surface area (Å²) in [6.07, 6.45) is 6.55. The van der Waals surface area contributed by atoms with Gasteiger partial charge < -0.3 is 19.9 Å². The maximum absolute atomic E-state index is 10.9. The number of hydrogen-bond donors (Lipinski definition) is 2. The maximum atomic E-state index is 10.9. The molecule has 0 heterocycles. The number of halogens is 1. The Labute approximate surface area is 148 Å². The molecule has 0 saturated heterocycles. The molecule has 5 heteroatoms. The highest BCUT2D eigenvalue weighted by Gasteiger charge is 2.56. The van der Waals surface area contributed by atoms with Gasteiger partial charge in [0.05, 0.1) is 24.8 Å². The van der Waals surface area contributed by atoms with Crippen LogP contribution in [-0.2, 0) is 6.54 Å². The molecule has 0 radical (unpaired) electrons. The third kappa shape index (κ3) is 2.79. The molecule has 0 aromatic heterocycles. The van der Waals surface area contributed by atoms with Crippen LogP contribution in [0.4, 0.5) is 0 Å². The van der Waals surface area contributed by atoms with Crippen molar-refractivity contribution >= 4 is 11.6 Å². The predicted octanol–water partition coefficient (Wildman–Crippen LogP) is 3.53. The monoisotopic (exact) mass is 351 g/mol. The van der Waals surface area contributed by atoms with Gasteiger partial charge in [0.25, 0.3) is 0 Å². The topological polar surface area (TPSA) is 50.7 Å². The van der Waals surface area contributed by atoms with Crippen molar-refractivity contribution in [3.05, 3.63) is 22.7 Å². The summed E-state index contributed by atoms with van der Waals surface area (Å²) in [7, 11) is 3.22. The first-order chi connectivity index (χ1) is 11.4. The van der Waals surface area contributed by atoms with Gasteiger partial charge in [-0.1, -0.05) is 11.6 Å². The van der Waals surface area contributed by atoms with E-state index in [1.165, 1.54) is 19.3 Å². The normalized spacial score (nSPS) is 36.8. The first-order valence-electron chi connectivity index (χ1n) is 8.82. The number of nitrogens with one attached hydrogen (secondary N) is 1. The Morgan fingerprint density at radius 2 is 1.88 bits per heavy atom. The first kappa shape index (κ1) is 16.5. The van der Waals surface area contributed by atoms with Crippen LogP contribution in [0.2, 0.25) is 5.02 Å². The predicted molar refractivity (Wildman–Crippen MR) is 93.8 cm³/mol. The van der Waals surface area contributed by atoms with Gasteiger partial charge in [0.15, 0.2) is 11.5 Å². The molecule has 4 bridgehead atoms. The van der Waals surface area contributed by atoms with Gasteiger partial charge in [-0.3, -0.25) is 0 Å². The van der Waals surface area contributed by atoms with Crippen molar-refractivity contribution in [2.75, 3.05) is 14.2 Å². The highest BCUT2D eigenvalue weighted by Crippen LogP contribution is 2.57. The summed E-state index contributed by atoms with van der Waals surface area (Å²) in [4.78, 5) is 0. The summed E-state index contributed by atoms with van der Waals surface area (Å²) in [5.74, 6) is 2.59. The molecular weight excluding hydrogens is 326 g/mol. The highest BCUT2D eigenvalue weighted by molar-refractivity contribution is 6.32. The number of hydrogen-bond acceptors (Lipinski definition) is 4. The Bertz CT molecular complexity index is 634. The van der Waals surface area contributed by atoms with Crippen molar-refractivity contribution in [1.82, 2.24) is 5.32 Å². The summed E-state index contributed by atoms with van der Waals surface area (Å²) < 4.78 is 10.7. The lowest BCUT2D eigenvalue weighted by Gasteiger charge is -2.60. The van der Waals surface area contributed by atoms with Crippen molar-refractivity contribution < 1.29 is 14.6 Å². The summed E-state index contributed by atoms with van der Waals surface area (Å²) in [6, 6.07) is 3.91. The summed E-state index contributed by atoms with van der Waals surface area (Å²) in [6.45, 7) is 0.732. The molecule has 5 rings (SSSR count). The summed E-state index contributed by atoms with van der Waals surface area (Å²) in [5.41, 5.74) is 0.727. The first-order valence-corrected chi connectivity index (χ1v) is 9.20. The second kappa shape index (κ2) is 5.79. The molecule has 0 aliphatic heterocycles. The lowest BCUT2D eigenvalue weighted by atomic mass is 9.51. The number of benzene rings is 1. The molecule has 24 heavy (non-hydrogen) atoms. The van der Waals surface area contributed by atoms with Gasteiger partial charge in [0.1, 0.15) is 0 Å². The zero-order valence-electron chi connectivity index (χ0n) is 14.4. The molecular formula is C19H26ClNO3. The average molecular weight is 352 g/mol. The van der Waals surface area contributed by atoms with Crippen LogP contribution in [0.15, 0.2) is 12.1 Å². The Morgan fingerprint density at radius 3 is 2.46 bits per heavy atom. The summed E-state index contributed by atoms with van der Waals surface area (Å²) >= 11 is 6.32. The van der Waals surface area contributed by atoms with Gasteiger partial charge in [-0.25, -0.2) is 0 Å². The fraction of sp³-hybridized carbons (Fsp3) is 0.684. The van der Waals surface area contributed by atoms with Gasteiger partial charge >= 0.3 is 0 Å². The minimum atomic E-state index is -0.438. The van der Waals surface area contributed by atoms with Crippen LogP contribution >= 0.6 is 11.6 Å². The van der Waals surface area contributed by atoms with E-state index in [9.17, 15) is 5.11 Å². The fourth-order valence-electron chi connectivity index (χ4n) is 5.78. The van der Waals surface area contributed by atoms with Gasteiger partial charge in [-0.15, -0.1) is 0 Å². The standard InChI is InChI=1S/C19H26ClNO3/c1-23-16-5-12(4-15(20)17(16)24-2)10-21-18-6-13-3-14(7-18)9-19(22,8-13)11-18/h4-5,13-14,21-22H,3,6-11H2,1-2H3. The lowest BCUT2D eigenvalue weighted by Crippen LogP contribution is -2.64. The van der Waals surface area contributed by atoms with E-state index in [1.54, 1.807) is 14.2 Å². The highest BCUT2D eigenvalue weighted by atomic mass is 35.5. The summed E-state index contributed by atoms with van der Waals surface area (Å²) in [5, 5.41) is 15.2. The number of methoxy groups -OCH3 is 2. The van der Waals surface area contributed by atoms with Gasteiger partial charge in [0, 0.05) is 12.1 Å². The van der Waals surface area contributed by atoms with E-state index in [2.05, 4.69) is 5.32 Å². The molecule has 1 aromatic carbocycles. The van der Waals surface area contributed by atoms with Crippen molar-refractivity contribution in [3.8, 4) is 11.5 Å². The number of aliphatic hydroxyl groups is 1. The molecule has 2 N–H and O–H groups in total. The molecule has 132 valence electrons. The van der Waals surface area contributed by atoms with Crippen molar-refractivity contribution in [2.45, 2.75) is 56.2 Å². The minimum absolute atomic E-state index is 0.0818. The number of ether oxygens (including phenoxy) is 2. The van der Waals surface area contributed by atoms with Crippen LogP contribution in [0, 0.1) is 11.8 Å². The van der Waals surface area contributed by atoms with Crippen LogP contribution in [0.5, 0.6) is 11.5 Å². The third-order valence-corrected chi connectivity index (χ3v) is 6.47. The molecule has 2 atom stereocenters. The zero-order valence-corrected chi connectivity index (χ0v) is 15.2. The van der Waals surface area contributed by atoms with E-state index >= 15 is 0 Å². The molecule has 0 spiro atoms. The Morgan fingerprint density at radius 1 is 1.17 bits per heavy atom. The van der Waals surface area contributed by atoms with Crippen molar-refractivity contribution in [3.63, 3.8) is 0 Å². The van der Waals surface area contributed by atoms with E-state index in [0.29, 0.717) is 28.4 Å². The molecule has 4 saturated carbocycles. The van der Waals surface area contributed by atoms with Crippen molar-refractivity contribution in [1.29, 1.82) is 0 Å².